The first-order valence-electron chi connectivity index (χ1n) is 9.49. The molecule has 0 bridgehead atoms. The Morgan fingerprint density at radius 2 is 1.93 bits per heavy atom. The largest absolute Gasteiger partial charge is 0.465 e. The zero-order valence-corrected chi connectivity index (χ0v) is 18.2. The van der Waals surface area contributed by atoms with Gasteiger partial charge in [0.1, 0.15) is 0 Å². The summed E-state index contributed by atoms with van der Waals surface area (Å²) in [5.74, 6) is -0.680. The third-order valence-electron chi connectivity index (χ3n) is 4.89. The van der Waals surface area contributed by atoms with Crippen molar-refractivity contribution in [2.75, 3.05) is 27.4 Å². The maximum Gasteiger partial charge on any atom is 0.337 e. The van der Waals surface area contributed by atoms with Crippen LogP contribution in [0.2, 0.25) is 0 Å². The minimum atomic E-state index is -0.401. The fraction of sp³-hybridized carbons (Fsp3) is 0.318. The van der Waals surface area contributed by atoms with Gasteiger partial charge in [0.15, 0.2) is 0 Å². The number of hydrogen-bond acceptors (Lipinski definition) is 6. The third-order valence-corrected chi connectivity index (χ3v) is 5.79. The lowest BCUT2D eigenvalue weighted by molar-refractivity contribution is -0.122. The molecule has 2 aromatic rings. The van der Waals surface area contributed by atoms with Gasteiger partial charge in [0.25, 0.3) is 11.1 Å². The summed E-state index contributed by atoms with van der Waals surface area (Å²) in [5.41, 5.74) is 3.97. The van der Waals surface area contributed by atoms with Crippen molar-refractivity contribution in [1.29, 1.82) is 0 Å². The molecule has 1 aromatic carbocycles. The molecule has 0 aliphatic carbocycles. The van der Waals surface area contributed by atoms with Gasteiger partial charge >= 0.3 is 5.97 Å². The van der Waals surface area contributed by atoms with Crippen molar-refractivity contribution in [2.24, 2.45) is 0 Å². The number of nitrogens with zero attached hydrogens (tertiary/aromatic N) is 2. The summed E-state index contributed by atoms with van der Waals surface area (Å²) >= 11 is 0.951. The average Bonchev–Trinajstić information content (AvgIpc) is 3.16. The number of thioether (sulfide) groups is 1. The molecule has 8 heteroatoms. The molecule has 0 saturated carbocycles. The van der Waals surface area contributed by atoms with Gasteiger partial charge in [-0.15, -0.1) is 0 Å². The van der Waals surface area contributed by atoms with E-state index in [2.05, 4.69) is 0 Å². The summed E-state index contributed by atoms with van der Waals surface area (Å²) in [6.07, 6.45) is 2.36. The minimum Gasteiger partial charge on any atom is -0.465 e. The van der Waals surface area contributed by atoms with E-state index in [4.69, 9.17) is 9.47 Å². The number of esters is 1. The smallest absolute Gasteiger partial charge is 0.337 e. The van der Waals surface area contributed by atoms with Crippen molar-refractivity contribution in [3.05, 3.63) is 57.8 Å². The van der Waals surface area contributed by atoms with E-state index in [9.17, 15) is 14.4 Å². The summed E-state index contributed by atoms with van der Waals surface area (Å²) in [6.45, 7) is 4.72. The Hall–Kier alpha value is -2.84. The van der Waals surface area contributed by atoms with Crippen LogP contribution in [0.15, 0.2) is 35.2 Å². The highest BCUT2D eigenvalue weighted by atomic mass is 32.2. The number of amides is 2. The van der Waals surface area contributed by atoms with Crippen molar-refractivity contribution < 1.29 is 23.9 Å². The minimum absolute atomic E-state index is 0.262. The quantitative estimate of drug-likeness (QED) is 0.377. The van der Waals surface area contributed by atoms with Crippen molar-refractivity contribution in [3.8, 4) is 5.69 Å². The number of carbonyl (C=O) groups excluding carboxylic acids is 3. The predicted molar refractivity (Wildman–Crippen MR) is 116 cm³/mol. The van der Waals surface area contributed by atoms with Gasteiger partial charge in [-0.3, -0.25) is 14.5 Å². The van der Waals surface area contributed by atoms with Gasteiger partial charge in [0, 0.05) is 37.3 Å². The Labute approximate surface area is 179 Å². The molecule has 1 aliphatic rings. The maximum atomic E-state index is 12.7. The Morgan fingerprint density at radius 1 is 1.17 bits per heavy atom. The molecule has 2 amide bonds. The van der Waals surface area contributed by atoms with Crippen LogP contribution in [-0.2, 0) is 14.3 Å². The maximum absolute atomic E-state index is 12.7. The van der Waals surface area contributed by atoms with Crippen LogP contribution in [0.1, 0.15) is 33.7 Å². The molecule has 2 heterocycles. The van der Waals surface area contributed by atoms with Gasteiger partial charge in [0.05, 0.1) is 17.6 Å². The Balaban J connectivity index is 1.90. The lowest BCUT2D eigenvalue weighted by atomic mass is 10.2. The van der Waals surface area contributed by atoms with Gasteiger partial charge < -0.3 is 14.0 Å². The Bertz CT molecular complexity index is 1020. The van der Waals surface area contributed by atoms with Crippen molar-refractivity contribution in [3.63, 3.8) is 0 Å². The van der Waals surface area contributed by atoms with E-state index in [1.807, 2.05) is 30.5 Å². The number of rotatable bonds is 7. The van der Waals surface area contributed by atoms with Gasteiger partial charge in [-0.1, -0.05) is 6.07 Å². The first-order chi connectivity index (χ1) is 14.4. The predicted octanol–water partition coefficient (Wildman–Crippen LogP) is 3.95. The zero-order valence-electron chi connectivity index (χ0n) is 17.4. The van der Waals surface area contributed by atoms with Crippen molar-refractivity contribution in [1.82, 2.24) is 9.47 Å². The normalized spacial score (nSPS) is 15.3. The van der Waals surface area contributed by atoms with Crippen LogP contribution in [0.5, 0.6) is 0 Å². The second-order valence-electron chi connectivity index (χ2n) is 6.88. The highest BCUT2D eigenvalue weighted by molar-refractivity contribution is 8.18. The molecule has 0 radical (unpaired) electrons. The number of benzene rings is 1. The summed E-state index contributed by atoms with van der Waals surface area (Å²) in [6, 6.07) is 9.12. The second-order valence-corrected chi connectivity index (χ2v) is 7.88. The van der Waals surface area contributed by atoms with E-state index in [0.29, 0.717) is 30.0 Å². The number of aromatic nitrogens is 1. The van der Waals surface area contributed by atoms with E-state index in [1.54, 1.807) is 31.4 Å². The molecule has 158 valence electrons. The van der Waals surface area contributed by atoms with Gasteiger partial charge in [-0.25, -0.2) is 4.79 Å². The molecule has 1 saturated heterocycles. The molecule has 0 atom stereocenters. The molecule has 1 aromatic heterocycles. The van der Waals surface area contributed by atoms with E-state index in [-0.39, 0.29) is 11.1 Å². The van der Waals surface area contributed by atoms with Crippen LogP contribution < -0.4 is 0 Å². The monoisotopic (exact) mass is 428 g/mol. The summed E-state index contributed by atoms with van der Waals surface area (Å²) in [7, 11) is 2.94. The molecule has 0 unspecified atom stereocenters. The van der Waals surface area contributed by atoms with Crippen LogP contribution in [0.3, 0.4) is 0 Å². The standard InChI is InChI=1S/C22H24N2O5S/c1-14-11-17(13-19-20(25)23(22(27)30-19)9-6-10-28-3)15(2)24(14)18-8-5-7-16(12-18)21(26)29-4/h5,7-8,11-13H,6,9-10H2,1-4H3/b19-13+. The fourth-order valence-corrected chi connectivity index (χ4v) is 4.28. The number of methoxy groups -OCH3 is 2. The second kappa shape index (κ2) is 9.32. The molecular formula is C22H24N2O5S. The van der Waals surface area contributed by atoms with Crippen LogP contribution >= 0.6 is 11.8 Å². The van der Waals surface area contributed by atoms with Crippen molar-refractivity contribution >= 4 is 35.0 Å². The third kappa shape index (κ3) is 4.34. The highest BCUT2D eigenvalue weighted by Gasteiger charge is 2.34. The van der Waals surface area contributed by atoms with Gasteiger partial charge in [-0.05, 0) is 67.9 Å². The van der Waals surface area contributed by atoms with E-state index in [0.717, 1.165) is 34.4 Å². The summed E-state index contributed by atoms with van der Waals surface area (Å²) in [4.78, 5) is 38.4. The average molecular weight is 429 g/mol. The van der Waals surface area contributed by atoms with Crippen LogP contribution in [0, 0.1) is 13.8 Å². The summed E-state index contributed by atoms with van der Waals surface area (Å²) in [5, 5.41) is -0.262. The molecule has 1 fully saturated rings. The van der Waals surface area contributed by atoms with E-state index >= 15 is 0 Å². The summed E-state index contributed by atoms with van der Waals surface area (Å²) < 4.78 is 11.8. The van der Waals surface area contributed by atoms with Gasteiger partial charge in [-0.2, -0.15) is 0 Å². The number of hydrogen-bond donors (Lipinski definition) is 0. The molecule has 3 rings (SSSR count). The highest BCUT2D eigenvalue weighted by Crippen LogP contribution is 2.34. The molecule has 0 N–H and O–H groups in total. The number of carbonyl (C=O) groups is 3. The van der Waals surface area contributed by atoms with E-state index < -0.39 is 5.97 Å². The number of ether oxygens (including phenoxy) is 2. The first kappa shape index (κ1) is 21.9. The SMILES string of the molecule is COCCCN1C(=O)S/C(=C/c2cc(C)n(-c3cccc(C(=O)OC)c3)c2C)C1=O. The number of imide groups is 1. The van der Waals surface area contributed by atoms with Crippen LogP contribution in [0.4, 0.5) is 4.79 Å². The molecule has 30 heavy (non-hydrogen) atoms. The molecule has 1 aliphatic heterocycles. The Kier molecular flexibility index (Phi) is 6.79. The molecule has 0 spiro atoms. The molecule has 7 nitrogen and oxygen atoms in total. The zero-order chi connectivity index (χ0) is 21.8. The lowest BCUT2D eigenvalue weighted by Crippen LogP contribution is -2.29. The Morgan fingerprint density at radius 3 is 2.63 bits per heavy atom. The first-order valence-corrected chi connectivity index (χ1v) is 10.3. The topological polar surface area (TPSA) is 77.8 Å². The van der Waals surface area contributed by atoms with E-state index in [1.165, 1.54) is 12.0 Å². The number of aryl methyl sites for hydroxylation is 1. The van der Waals surface area contributed by atoms with Crippen LogP contribution in [-0.4, -0.2) is 54.0 Å². The van der Waals surface area contributed by atoms with Crippen LogP contribution in [0.25, 0.3) is 11.8 Å². The van der Waals surface area contributed by atoms with Gasteiger partial charge in [0.2, 0.25) is 0 Å². The molecular weight excluding hydrogens is 404 g/mol. The van der Waals surface area contributed by atoms with Crippen molar-refractivity contribution in [2.45, 2.75) is 20.3 Å². The lowest BCUT2D eigenvalue weighted by Gasteiger charge is -2.11. The fourth-order valence-electron chi connectivity index (χ4n) is 3.42.